The van der Waals surface area contributed by atoms with Gasteiger partial charge in [-0.3, -0.25) is 0 Å². The maximum Gasteiger partial charge on any atom is 0.315 e. The first-order valence-corrected chi connectivity index (χ1v) is 8.24. The standard InChI is InChI=1S/C17H20N2OS/c1-12-9-10-21-15(12)11-18-17(20)19-16(14-7-8-14)13-5-3-2-4-6-13/h2-6,9-10,14,16H,7-8,11H2,1H3,(H2,18,19,20). The second-order valence-electron chi connectivity index (χ2n) is 5.58. The van der Waals surface area contributed by atoms with E-state index in [0.717, 1.165) is 0 Å². The second-order valence-corrected chi connectivity index (χ2v) is 6.58. The highest BCUT2D eigenvalue weighted by Crippen LogP contribution is 2.40. The first-order valence-electron chi connectivity index (χ1n) is 7.36. The van der Waals surface area contributed by atoms with Crippen LogP contribution < -0.4 is 10.6 Å². The van der Waals surface area contributed by atoms with Crippen LogP contribution in [0, 0.1) is 12.8 Å². The predicted octanol–water partition coefficient (Wildman–Crippen LogP) is 4.01. The molecule has 0 saturated heterocycles. The van der Waals surface area contributed by atoms with Crippen LogP contribution in [-0.2, 0) is 6.54 Å². The highest BCUT2D eigenvalue weighted by molar-refractivity contribution is 7.10. The summed E-state index contributed by atoms with van der Waals surface area (Å²) in [6.45, 7) is 2.67. The lowest BCUT2D eigenvalue weighted by molar-refractivity contribution is 0.235. The van der Waals surface area contributed by atoms with Crippen LogP contribution in [0.2, 0.25) is 0 Å². The number of aryl methyl sites for hydroxylation is 1. The van der Waals surface area contributed by atoms with Gasteiger partial charge < -0.3 is 10.6 Å². The molecule has 3 nitrogen and oxygen atoms in total. The van der Waals surface area contributed by atoms with Crippen molar-refractivity contribution in [2.24, 2.45) is 5.92 Å². The van der Waals surface area contributed by atoms with Gasteiger partial charge in [0, 0.05) is 4.88 Å². The van der Waals surface area contributed by atoms with Crippen LogP contribution in [0.3, 0.4) is 0 Å². The molecule has 2 N–H and O–H groups in total. The van der Waals surface area contributed by atoms with Crippen molar-refractivity contribution in [2.45, 2.75) is 32.4 Å². The Morgan fingerprint density at radius 1 is 1.29 bits per heavy atom. The van der Waals surface area contributed by atoms with E-state index in [4.69, 9.17) is 0 Å². The second kappa shape index (κ2) is 6.31. The summed E-state index contributed by atoms with van der Waals surface area (Å²) >= 11 is 1.68. The smallest absolute Gasteiger partial charge is 0.315 e. The Kier molecular flexibility index (Phi) is 4.25. The van der Waals surface area contributed by atoms with Crippen molar-refractivity contribution in [2.75, 3.05) is 0 Å². The molecule has 1 fully saturated rings. The third kappa shape index (κ3) is 3.64. The molecule has 0 radical (unpaired) electrons. The molecule has 0 bridgehead atoms. The van der Waals surface area contributed by atoms with Gasteiger partial charge in [0.15, 0.2) is 0 Å². The molecular formula is C17H20N2OS. The summed E-state index contributed by atoms with van der Waals surface area (Å²) in [4.78, 5) is 13.4. The minimum atomic E-state index is -0.0800. The van der Waals surface area contributed by atoms with Gasteiger partial charge in [-0.15, -0.1) is 11.3 Å². The fraction of sp³-hybridized carbons (Fsp3) is 0.353. The van der Waals surface area contributed by atoms with Gasteiger partial charge in [0.1, 0.15) is 0 Å². The minimum Gasteiger partial charge on any atom is -0.333 e. The van der Waals surface area contributed by atoms with Crippen LogP contribution in [0.5, 0.6) is 0 Å². The Morgan fingerprint density at radius 3 is 2.67 bits per heavy atom. The number of thiophene rings is 1. The number of hydrogen-bond donors (Lipinski definition) is 2. The normalized spacial score (nSPS) is 15.5. The van der Waals surface area contributed by atoms with Gasteiger partial charge in [0.2, 0.25) is 0 Å². The van der Waals surface area contributed by atoms with Gasteiger partial charge >= 0.3 is 6.03 Å². The quantitative estimate of drug-likeness (QED) is 0.860. The van der Waals surface area contributed by atoms with E-state index in [1.807, 2.05) is 18.2 Å². The Bertz CT molecular complexity index is 604. The summed E-state index contributed by atoms with van der Waals surface area (Å²) in [5.74, 6) is 0.585. The average molecular weight is 300 g/mol. The van der Waals surface area contributed by atoms with Crippen molar-refractivity contribution in [3.8, 4) is 0 Å². The van der Waals surface area contributed by atoms with Crippen molar-refractivity contribution >= 4 is 17.4 Å². The Morgan fingerprint density at radius 2 is 2.05 bits per heavy atom. The number of carbonyl (C=O) groups excluding carboxylic acids is 1. The fourth-order valence-corrected chi connectivity index (χ4v) is 3.35. The summed E-state index contributed by atoms with van der Waals surface area (Å²) in [6, 6.07) is 12.4. The first-order chi connectivity index (χ1) is 10.2. The lowest BCUT2D eigenvalue weighted by atomic mass is 10.0. The molecule has 21 heavy (non-hydrogen) atoms. The molecule has 0 aliphatic heterocycles. The van der Waals surface area contributed by atoms with Crippen LogP contribution in [0.1, 0.15) is 34.9 Å². The maximum absolute atomic E-state index is 12.1. The molecule has 1 unspecified atom stereocenters. The number of amides is 2. The number of rotatable bonds is 5. The zero-order chi connectivity index (χ0) is 14.7. The maximum atomic E-state index is 12.1. The van der Waals surface area contributed by atoms with Gasteiger partial charge in [-0.2, -0.15) is 0 Å². The van der Waals surface area contributed by atoms with E-state index in [-0.39, 0.29) is 12.1 Å². The molecule has 1 aromatic heterocycles. The molecule has 4 heteroatoms. The van der Waals surface area contributed by atoms with Crippen molar-refractivity contribution in [3.05, 3.63) is 57.8 Å². The van der Waals surface area contributed by atoms with Gasteiger partial charge in [-0.1, -0.05) is 30.3 Å². The largest absolute Gasteiger partial charge is 0.333 e. The van der Waals surface area contributed by atoms with E-state index >= 15 is 0 Å². The van der Waals surface area contributed by atoms with Crippen molar-refractivity contribution in [3.63, 3.8) is 0 Å². The molecular weight excluding hydrogens is 280 g/mol. The molecule has 110 valence electrons. The molecule has 3 rings (SSSR count). The molecule has 2 aromatic rings. The zero-order valence-electron chi connectivity index (χ0n) is 12.1. The van der Waals surface area contributed by atoms with Crippen LogP contribution in [0.15, 0.2) is 41.8 Å². The van der Waals surface area contributed by atoms with Crippen LogP contribution in [0.25, 0.3) is 0 Å². The van der Waals surface area contributed by atoms with Gasteiger partial charge in [0.25, 0.3) is 0 Å². The summed E-state index contributed by atoms with van der Waals surface area (Å²) < 4.78 is 0. The van der Waals surface area contributed by atoms with E-state index in [9.17, 15) is 4.79 Å². The average Bonchev–Trinajstić information content (AvgIpc) is 3.26. The molecule has 1 atom stereocenters. The lowest BCUT2D eigenvalue weighted by Gasteiger charge is -2.19. The molecule has 2 amide bonds. The summed E-state index contributed by atoms with van der Waals surface area (Å²) in [5.41, 5.74) is 2.43. The van der Waals surface area contributed by atoms with E-state index in [1.165, 1.54) is 28.8 Å². The number of nitrogens with one attached hydrogen (secondary N) is 2. The van der Waals surface area contributed by atoms with E-state index in [2.05, 4.69) is 41.1 Å². The third-order valence-electron chi connectivity index (χ3n) is 3.92. The predicted molar refractivity (Wildman–Crippen MR) is 86.3 cm³/mol. The molecule has 1 aliphatic carbocycles. The number of urea groups is 1. The highest BCUT2D eigenvalue weighted by atomic mass is 32.1. The topological polar surface area (TPSA) is 41.1 Å². The summed E-state index contributed by atoms with van der Waals surface area (Å²) in [6.07, 6.45) is 2.40. The fourth-order valence-electron chi connectivity index (χ4n) is 2.50. The van der Waals surface area contributed by atoms with Crippen LogP contribution in [0.4, 0.5) is 4.79 Å². The van der Waals surface area contributed by atoms with Crippen molar-refractivity contribution in [1.82, 2.24) is 10.6 Å². The molecule has 0 spiro atoms. The molecule has 1 heterocycles. The minimum absolute atomic E-state index is 0.0800. The Balaban J connectivity index is 1.58. The summed E-state index contributed by atoms with van der Waals surface area (Å²) in [7, 11) is 0. The molecule has 1 aliphatic rings. The van der Waals surface area contributed by atoms with Crippen LogP contribution >= 0.6 is 11.3 Å². The Hall–Kier alpha value is -1.81. The Labute approximate surface area is 129 Å². The highest BCUT2D eigenvalue weighted by Gasteiger charge is 2.33. The van der Waals surface area contributed by atoms with Gasteiger partial charge in [-0.05, 0) is 48.3 Å². The number of benzene rings is 1. The number of hydrogen-bond acceptors (Lipinski definition) is 2. The van der Waals surface area contributed by atoms with E-state index in [0.29, 0.717) is 12.5 Å². The number of carbonyl (C=O) groups is 1. The van der Waals surface area contributed by atoms with E-state index in [1.54, 1.807) is 11.3 Å². The SMILES string of the molecule is Cc1ccsc1CNC(=O)NC(c1ccccc1)C1CC1. The molecule has 1 aromatic carbocycles. The summed E-state index contributed by atoms with van der Waals surface area (Å²) in [5, 5.41) is 8.16. The van der Waals surface area contributed by atoms with Crippen molar-refractivity contribution < 1.29 is 4.79 Å². The molecule has 1 saturated carbocycles. The first kappa shape index (κ1) is 14.1. The van der Waals surface area contributed by atoms with E-state index < -0.39 is 0 Å². The van der Waals surface area contributed by atoms with Crippen molar-refractivity contribution in [1.29, 1.82) is 0 Å². The van der Waals surface area contributed by atoms with Gasteiger partial charge in [-0.25, -0.2) is 4.79 Å². The third-order valence-corrected chi connectivity index (χ3v) is 4.94. The van der Waals surface area contributed by atoms with Gasteiger partial charge in [0.05, 0.1) is 12.6 Å². The lowest BCUT2D eigenvalue weighted by Crippen LogP contribution is -2.38. The zero-order valence-corrected chi connectivity index (χ0v) is 13.0. The van der Waals surface area contributed by atoms with Crippen LogP contribution in [-0.4, -0.2) is 6.03 Å². The monoisotopic (exact) mass is 300 g/mol.